The largest absolute Gasteiger partial charge is 0.369 e. The van der Waals surface area contributed by atoms with E-state index in [2.05, 4.69) is 23.7 Å². The van der Waals surface area contributed by atoms with E-state index in [0.717, 1.165) is 12.2 Å². The maximum Gasteiger partial charge on any atom is 0.251 e. The zero-order valence-electron chi connectivity index (χ0n) is 14.5. The van der Waals surface area contributed by atoms with E-state index in [-0.39, 0.29) is 5.91 Å². The number of nitrogens with zero attached hydrogens (tertiary/aromatic N) is 3. The van der Waals surface area contributed by atoms with Crippen molar-refractivity contribution in [3.63, 3.8) is 0 Å². The number of rotatable bonds is 6. The second-order valence-electron chi connectivity index (χ2n) is 6.47. The lowest BCUT2D eigenvalue weighted by Gasteiger charge is -2.36. The Hall–Kier alpha value is -1.04. The molecule has 1 aliphatic rings. The number of ether oxygens (including phenoxy) is 1. The van der Waals surface area contributed by atoms with Gasteiger partial charge in [0.15, 0.2) is 0 Å². The van der Waals surface area contributed by atoms with Gasteiger partial charge in [-0.2, -0.15) is 0 Å². The van der Waals surface area contributed by atoms with E-state index in [1.807, 2.05) is 11.8 Å². The molecule has 0 spiro atoms. The number of pyridine rings is 1. The summed E-state index contributed by atoms with van der Waals surface area (Å²) in [5, 5.41) is 1.05. The Balaban J connectivity index is 1.84. The van der Waals surface area contributed by atoms with Crippen LogP contribution in [0.25, 0.3) is 0 Å². The van der Waals surface area contributed by atoms with Crippen molar-refractivity contribution in [2.75, 3.05) is 37.7 Å². The highest BCUT2D eigenvalue weighted by Crippen LogP contribution is 2.26. The fourth-order valence-corrected chi connectivity index (χ4v) is 3.09. The van der Waals surface area contributed by atoms with Crippen LogP contribution < -0.4 is 4.90 Å². The van der Waals surface area contributed by atoms with Crippen LogP contribution in [0.3, 0.4) is 0 Å². The van der Waals surface area contributed by atoms with Crippen molar-refractivity contribution in [3.05, 3.63) is 22.3 Å². The van der Waals surface area contributed by atoms with Gasteiger partial charge < -0.3 is 14.5 Å². The maximum atomic E-state index is 12.5. The molecule has 1 amide bonds. The molecule has 0 aromatic carbocycles. The highest BCUT2D eigenvalue weighted by atomic mass is 35.5. The fourth-order valence-electron chi connectivity index (χ4n) is 2.59. The van der Waals surface area contributed by atoms with Gasteiger partial charge in [0.2, 0.25) is 0 Å². The van der Waals surface area contributed by atoms with Gasteiger partial charge in [-0.05, 0) is 25.3 Å². The zero-order chi connectivity index (χ0) is 17.7. The van der Waals surface area contributed by atoms with Crippen LogP contribution in [0.15, 0.2) is 12.3 Å². The SMILES string of the molecule is CC(C)CCOC(C)C(=O)N1CCN(c2ncc(Cl)cc2Cl)CC1. The highest BCUT2D eigenvalue weighted by Gasteiger charge is 2.26. The molecule has 7 heteroatoms. The Labute approximate surface area is 153 Å². The lowest BCUT2D eigenvalue weighted by Crippen LogP contribution is -2.51. The quantitative estimate of drug-likeness (QED) is 0.765. The average molecular weight is 374 g/mol. The molecule has 0 saturated carbocycles. The number of anilines is 1. The number of halogens is 2. The van der Waals surface area contributed by atoms with E-state index in [4.69, 9.17) is 27.9 Å². The molecule has 134 valence electrons. The van der Waals surface area contributed by atoms with Crippen LogP contribution >= 0.6 is 23.2 Å². The summed E-state index contributed by atoms with van der Waals surface area (Å²) < 4.78 is 5.66. The molecular weight excluding hydrogens is 349 g/mol. The molecule has 5 nitrogen and oxygen atoms in total. The van der Waals surface area contributed by atoms with Crippen LogP contribution in [0.1, 0.15) is 27.2 Å². The van der Waals surface area contributed by atoms with Gasteiger partial charge in [0.25, 0.3) is 5.91 Å². The van der Waals surface area contributed by atoms with Gasteiger partial charge in [0.1, 0.15) is 11.9 Å². The van der Waals surface area contributed by atoms with Crippen molar-refractivity contribution in [3.8, 4) is 0 Å². The second-order valence-corrected chi connectivity index (χ2v) is 7.31. The first-order valence-electron chi connectivity index (χ1n) is 8.35. The van der Waals surface area contributed by atoms with E-state index < -0.39 is 6.10 Å². The summed E-state index contributed by atoms with van der Waals surface area (Å²) in [4.78, 5) is 20.7. The number of carbonyl (C=O) groups is 1. The Morgan fingerprint density at radius 1 is 1.25 bits per heavy atom. The van der Waals surface area contributed by atoms with E-state index in [1.54, 1.807) is 12.3 Å². The van der Waals surface area contributed by atoms with Crippen LogP contribution in [-0.2, 0) is 9.53 Å². The van der Waals surface area contributed by atoms with Gasteiger partial charge in [-0.15, -0.1) is 0 Å². The molecule has 0 bridgehead atoms. The van der Waals surface area contributed by atoms with E-state index in [0.29, 0.717) is 48.7 Å². The zero-order valence-corrected chi connectivity index (χ0v) is 16.0. The molecule has 1 fully saturated rings. The first kappa shape index (κ1) is 19.3. The molecule has 24 heavy (non-hydrogen) atoms. The van der Waals surface area contributed by atoms with Crippen LogP contribution in [0, 0.1) is 5.92 Å². The minimum atomic E-state index is -0.396. The number of hydrogen-bond donors (Lipinski definition) is 0. The third-order valence-corrected chi connectivity index (χ3v) is 4.57. The smallest absolute Gasteiger partial charge is 0.251 e. The van der Waals surface area contributed by atoms with Gasteiger partial charge in [-0.3, -0.25) is 4.79 Å². The summed E-state index contributed by atoms with van der Waals surface area (Å²) in [5.74, 6) is 1.34. The predicted molar refractivity (Wildman–Crippen MR) is 97.9 cm³/mol. The molecule has 1 saturated heterocycles. The number of piperazine rings is 1. The third kappa shape index (κ3) is 5.23. The first-order chi connectivity index (χ1) is 11.4. The van der Waals surface area contributed by atoms with Gasteiger partial charge >= 0.3 is 0 Å². The summed E-state index contributed by atoms with van der Waals surface area (Å²) in [6.07, 6.45) is 2.16. The van der Waals surface area contributed by atoms with Crippen LogP contribution in [-0.4, -0.2) is 54.7 Å². The van der Waals surface area contributed by atoms with Gasteiger partial charge in [-0.1, -0.05) is 37.0 Å². The highest BCUT2D eigenvalue weighted by molar-refractivity contribution is 6.36. The Bertz CT molecular complexity index is 561. The lowest BCUT2D eigenvalue weighted by atomic mass is 10.1. The Kier molecular flexibility index (Phi) is 7.14. The van der Waals surface area contributed by atoms with E-state index >= 15 is 0 Å². The van der Waals surface area contributed by atoms with E-state index in [9.17, 15) is 4.79 Å². The van der Waals surface area contributed by atoms with Crippen molar-refractivity contribution in [2.24, 2.45) is 5.92 Å². The van der Waals surface area contributed by atoms with Crippen molar-refractivity contribution in [1.82, 2.24) is 9.88 Å². The van der Waals surface area contributed by atoms with Crippen LogP contribution in [0.2, 0.25) is 10.0 Å². The first-order valence-corrected chi connectivity index (χ1v) is 9.10. The molecule has 2 heterocycles. The number of aromatic nitrogens is 1. The molecule has 0 aliphatic carbocycles. The Morgan fingerprint density at radius 2 is 1.92 bits per heavy atom. The topological polar surface area (TPSA) is 45.7 Å². The molecule has 1 aliphatic heterocycles. The standard InChI is InChI=1S/C17H25Cl2N3O2/c1-12(2)4-9-24-13(3)17(23)22-7-5-21(6-8-22)16-15(19)10-14(18)11-20-16/h10-13H,4-9H2,1-3H3. The second kappa shape index (κ2) is 8.88. The summed E-state index contributed by atoms with van der Waals surface area (Å²) in [6, 6.07) is 1.69. The van der Waals surface area contributed by atoms with Gasteiger partial charge in [0.05, 0.1) is 10.0 Å². The molecule has 0 N–H and O–H groups in total. The summed E-state index contributed by atoms with van der Waals surface area (Å²) in [7, 11) is 0. The molecule has 2 rings (SSSR count). The molecular formula is C17H25Cl2N3O2. The lowest BCUT2D eigenvalue weighted by molar-refractivity contribution is -0.143. The minimum absolute atomic E-state index is 0.0496. The van der Waals surface area contributed by atoms with Gasteiger partial charge in [0, 0.05) is 39.0 Å². The molecule has 1 unspecified atom stereocenters. The van der Waals surface area contributed by atoms with Gasteiger partial charge in [-0.25, -0.2) is 4.98 Å². The predicted octanol–water partition coefficient (Wildman–Crippen LogP) is 3.49. The van der Waals surface area contributed by atoms with Crippen molar-refractivity contribution in [2.45, 2.75) is 33.3 Å². The number of amides is 1. The molecule has 1 aromatic heterocycles. The van der Waals surface area contributed by atoms with Crippen molar-refractivity contribution < 1.29 is 9.53 Å². The molecule has 1 atom stereocenters. The molecule has 1 aromatic rings. The van der Waals surface area contributed by atoms with E-state index in [1.165, 1.54) is 0 Å². The number of hydrogen-bond acceptors (Lipinski definition) is 4. The van der Waals surface area contributed by atoms with Crippen LogP contribution in [0.5, 0.6) is 0 Å². The fraction of sp³-hybridized carbons (Fsp3) is 0.647. The summed E-state index contributed by atoms with van der Waals surface area (Å²) >= 11 is 12.1. The molecule has 0 radical (unpaired) electrons. The summed E-state index contributed by atoms with van der Waals surface area (Å²) in [6.45, 7) is 9.39. The number of carbonyl (C=O) groups excluding carboxylic acids is 1. The normalized spacial score (nSPS) is 16.6. The third-order valence-electron chi connectivity index (χ3n) is 4.09. The monoisotopic (exact) mass is 373 g/mol. The average Bonchev–Trinajstić information content (AvgIpc) is 2.54. The minimum Gasteiger partial charge on any atom is -0.369 e. The van der Waals surface area contributed by atoms with Crippen molar-refractivity contribution >= 4 is 34.9 Å². The Morgan fingerprint density at radius 3 is 2.50 bits per heavy atom. The summed E-state index contributed by atoms with van der Waals surface area (Å²) in [5.41, 5.74) is 0. The van der Waals surface area contributed by atoms with Crippen LogP contribution in [0.4, 0.5) is 5.82 Å². The van der Waals surface area contributed by atoms with Crippen molar-refractivity contribution in [1.29, 1.82) is 0 Å². The maximum absolute atomic E-state index is 12.5.